The molecule has 0 aliphatic carbocycles. The summed E-state index contributed by atoms with van der Waals surface area (Å²) in [4.78, 5) is 46.4. The van der Waals surface area contributed by atoms with Crippen LogP contribution in [0.5, 0.6) is 0 Å². The first kappa shape index (κ1) is 38.6. The molecule has 0 saturated carbocycles. The molecule has 0 saturated heterocycles. The molecule has 0 unspecified atom stereocenters. The second kappa shape index (κ2) is 17.7. The smallest absolute Gasteiger partial charge is 0.372 e. The van der Waals surface area contributed by atoms with Gasteiger partial charge in [0, 0.05) is 65.9 Å². The minimum absolute atomic E-state index is 0.0573. The van der Waals surface area contributed by atoms with Crippen molar-refractivity contribution in [3.8, 4) is 11.3 Å². The quantitative estimate of drug-likeness (QED) is 0.0990. The molecule has 0 atom stereocenters. The lowest BCUT2D eigenvalue weighted by Crippen LogP contribution is -2.23. The molecule has 274 valence electrons. The normalized spacial score (nSPS) is 11.1. The van der Waals surface area contributed by atoms with Crippen molar-refractivity contribution in [2.24, 2.45) is 0 Å². The summed E-state index contributed by atoms with van der Waals surface area (Å²) in [7, 11) is 1.61. The van der Waals surface area contributed by atoms with Crippen molar-refractivity contribution in [2.45, 2.75) is 43.6 Å². The number of nitrogens with zero attached hydrogens (tertiary/aromatic N) is 2. The van der Waals surface area contributed by atoms with E-state index in [9.17, 15) is 27.6 Å². The molecule has 0 fully saturated rings. The summed E-state index contributed by atoms with van der Waals surface area (Å²) in [6, 6.07) is 28.8. The van der Waals surface area contributed by atoms with Crippen LogP contribution < -0.4 is 20.9 Å². The number of hydrogen-bond acceptors (Lipinski definition) is 6. The summed E-state index contributed by atoms with van der Waals surface area (Å²) < 4.78 is 39.6. The first-order valence-electron chi connectivity index (χ1n) is 17.1. The summed E-state index contributed by atoms with van der Waals surface area (Å²) in [5.41, 5.74) is 4.55. The summed E-state index contributed by atoms with van der Waals surface area (Å²) >= 11 is 1.61. The molecule has 0 aliphatic heterocycles. The number of nitrogens with one attached hydrogen (secondary N) is 3. The van der Waals surface area contributed by atoms with Crippen LogP contribution in [-0.2, 0) is 29.7 Å². The van der Waals surface area contributed by atoms with Crippen LogP contribution in [0.3, 0.4) is 0 Å². The Balaban J connectivity index is 1.35. The van der Waals surface area contributed by atoms with Gasteiger partial charge in [-0.1, -0.05) is 36.4 Å². The van der Waals surface area contributed by atoms with Gasteiger partial charge in [0.2, 0.25) is 5.91 Å². The lowest BCUT2D eigenvalue weighted by atomic mass is 10.0. The standard InChI is InChI=1S/C41H40F3N5O3S/c1-4-49(5-2)33-15-16-36(48-40(52)30-12-6-11-29(19-30)26-53-34-14-8-9-27(21-34)22-38(50)45-3)35(24-33)37-23-31(17-18-46-37)39(51)47-25-28-10-7-13-32(20-28)41(42,43)44/h6-21,23-24H,4-5,22,25-26H2,1-3H3,(H,45,50)(H,47,51)(H,48,52). The number of benzene rings is 4. The predicted octanol–water partition coefficient (Wildman–Crippen LogP) is 8.38. The molecule has 53 heavy (non-hydrogen) atoms. The number of aromatic nitrogens is 1. The molecule has 0 aliphatic rings. The van der Waals surface area contributed by atoms with Crippen molar-refractivity contribution in [2.75, 3.05) is 30.4 Å². The monoisotopic (exact) mass is 739 g/mol. The van der Waals surface area contributed by atoms with Crippen LogP contribution in [0.15, 0.2) is 114 Å². The number of hydrogen-bond donors (Lipinski definition) is 3. The highest BCUT2D eigenvalue weighted by molar-refractivity contribution is 7.98. The number of likely N-dealkylation sites (N-methyl/N-ethyl adjacent to an activating group) is 1. The van der Waals surface area contributed by atoms with Gasteiger partial charge in [-0.15, -0.1) is 11.8 Å². The molecule has 0 bridgehead atoms. The molecule has 12 heteroatoms. The highest BCUT2D eigenvalue weighted by atomic mass is 32.2. The van der Waals surface area contributed by atoms with Gasteiger partial charge in [-0.2, -0.15) is 13.2 Å². The van der Waals surface area contributed by atoms with E-state index in [0.29, 0.717) is 40.2 Å². The van der Waals surface area contributed by atoms with E-state index >= 15 is 0 Å². The Labute approximate surface area is 311 Å². The van der Waals surface area contributed by atoms with Crippen molar-refractivity contribution >= 4 is 40.9 Å². The predicted molar refractivity (Wildman–Crippen MR) is 204 cm³/mol. The zero-order chi connectivity index (χ0) is 38.0. The van der Waals surface area contributed by atoms with Crippen molar-refractivity contribution in [1.29, 1.82) is 0 Å². The van der Waals surface area contributed by atoms with Crippen LogP contribution in [-0.4, -0.2) is 42.8 Å². The van der Waals surface area contributed by atoms with Crippen molar-refractivity contribution < 1.29 is 27.6 Å². The lowest BCUT2D eigenvalue weighted by Gasteiger charge is -2.23. The van der Waals surface area contributed by atoms with E-state index < -0.39 is 17.6 Å². The maximum Gasteiger partial charge on any atom is 0.416 e. The van der Waals surface area contributed by atoms with Crippen LogP contribution in [0.4, 0.5) is 24.5 Å². The van der Waals surface area contributed by atoms with Crippen molar-refractivity contribution in [3.05, 3.63) is 143 Å². The number of carbonyl (C=O) groups is 3. The topological polar surface area (TPSA) is 103 Å². The lowest BCUT2D eigenvalue weighted by molar-refractivity contribution is -0.137. The fraction of sp³-hybridized carbons (Fsp3) is 0.220. The van der Waals surface area contributed by atoms with E-state index in [2.05, 4.69) is 25.8 Å². The van der Waals surface area contributed by atoms with Crippen molar-refractivity contribution in [1.82, 2.24) is 15.6 Å². The van der Waals surface area contributed by atoms with Gasteiger partial charge in [-0.3, -0.25) is 19.4 Å². The minimum Gasteiger partial charge on any atom is -0.372 e. The van der Waals surface area contributed by atoms with E-state index in [-0.39, 0.29) is 23.9 Å². The highest BCUT2D eigenvalue weighted by Crippen LogP contribution is 2.33. The Morgan fingerprint density at radius 3 is 2.25 bits per heavy atom. The van der Waals surface area contributed by atoms with E-state index in [4.69, 9.17) is 0 Å². The molecule has 0 radical (unpaired) electrons. The summed E-state index contributed by atoms with van der Waals surface area (Å²) in [6.45, 7) is 5.48. The van der Waals surface area contributed by atoms with Gasteiger partial charge >= 0.3 is 6.18 Å². The minimum atomic E-state index is -4.49. The number of alkyl halides is 3. The van der Waals surface area contributed by atoms with E-state index in [1.165, 1.54) is 24.4 Å². The van der Waals surface area contributed by atoms with Gasteiger partial charge in [-0.25, -0.2) is 0 Å². The van der Waals surface area contributed by atoms with Gasteiger partial charge in [-0.05, 0) is 97.3 Å². The zero-order valence-corrected chi connectivity index (χ0v) is 30.4. The largest absolute Gasteiger partial charge is 0.416 e. The van der Waals surface area contributed by atoms with Gasteiger partial charge < -0.3 is 20.9 Å². The average Bonchev–Trinajstić information content (AvgIpc) is 3.17. The fourth-order valence-electron chi connectivity index (χ4n) is 5.68. The van der Waals surface area contributed by atoms with Gasteiger partial charge in [0.15, 0.2) is 0 Å². The maximum atomic E-state index is 13.7. The molecule has 1 aromatic heterocycles. The second-order valence-corrected chi connectivity index (χ2v) is 13.2. The third kappa shape index (κ3) is 10.5. The van der Waals surface area contributed by atoms with E-state index in [1.807, 2.05) is 74.5 Å². The van der Waals surface area contributed by atoms with Crippen LogP contribution >= 0.6 is 11.8 Å². The fourth-order valence-corrected chi connectivity index (χ4v) is 6.60. The Morgan fingerprint density at radius 2 is 1.49 bits per heavy atom. The number of amides is 3. The number of thioether (sulfide) groups is 1. The Hall–Kier alpha value is -5.62. The Morgan fingerprint density at radius 1 is 0.774 bits per heavy atom. The first-order valence-corrected chi connectivity index (χ1v) is 18.1. The number of anilines is 2. The maximum absolute atomic E-state index is 13.7. The molecule has 5 aromatic rings. The Bertz CT molecular complexity index is 2080. The number of carbonyl (C=O) groups excluding carboxylic acids is 3. The molecular formula is C41H40F3N5O3S. The van der Waals surface area contributed by atoms with Gasteiger partial charge in [0.05, 0.1) is 23.4 Å². The Kier molecular flexibility index (Phi) is 12.9. The third-order valence-electron chi connectivity index (χ3n) is 8.52. The van der Waals surface area contributed by atoms with Crippen LogP contribution in [0.1, 0.15) is 56.8 Å². The molecule has 4 aromatic carbocycles. The molecule has 5 rings (SSSR count). The first-order chi connectivity index (χ1) is 25.5. The molecule has 8 nitrogen and oxygen atoms in total. The molecule has 1 heterocycles. The molecular weight excluding hydrogens is 700 g/mol. The second-order valence-electron chi connectivity index (χ2n) is 12.2. The molecule has 3 amide bonds. The highest BCUT2D eigenvalue weighted by Gasteiger charge is 2.30. The summed E-state index contributed by atoms with van der Waals surface area (Å²) in [6.07, 6.45) is -2.70. The van der Waals surface area contributed by atoms with Crippen LogP contribution in [0.25, 0.3) is 11.3 Å². The number of halogens is 3. The third-order valence-corrected chi connectivity index (χ3v) is 9.59. The number of pyridine rings is 1. The van der Waals surface area contributed by atoms with Crippen molar-refractivity contribution in [3.63, 3.8) is 0 Å². The van der Waals surface area contributed by atoms with Gasteiger partial charge in [0.1, 0.15) is 0 Å². The number of rotatable bonds is 14. The van der Waals surface area contributed by atoms with E-state index in [0.717, 1.165) is 46.9 Å². The zero-order valence-electron chi connectivity index (χ0n) is 29.6. The summed E-state index contributed by atoms with van der Waals surface area (Å²) in [5, 5.41) is 8.38. The average molecular weight is 740 g/mol. The van der Waals surface area contributed by atoms with Crippen LogP contribution in [0, 0.1) is 0 Å². The van der Waals surface area contributed by atoms with Gasteiger partial charge in [0.25, 0.3) is 11.8 Å². The van der Waals surface area contributed by atoms with Crippen LogP contribution in [0.2, 0.25) is 0 Å². The SMILES string of the molecule is CCN(CC)c1ccc(NC(=O)c2cccc(CSc3cccc(CC(=O)NC)c3)c2)c(-c2cc(C(=O)NCc3cccc(C(F)(F)F)c3)ccn2)c1. The molecule has 3 N–H and O–H groups in total. The van der Waals surface area contributed by atoms with E-state index in [1.54, 1.807) is 30.9 Å². The molecule has 0 spiro atoms. The summed E-state index contributed by atoms with van der Waals surface area (Å²) in [5.74, 6) is -0.250.